The zero-order valence-corrected chi connectivity index (χ0v) is 14.6. The molecule has 1 aromatic carbocycles. The third-order valence-electron chi connectivity index (χ3n) is 4.71. The lowest BCUT2D eigenvalue weighted by Gasteiger charge is -2.31. The van der Waals surface area contributed by atoms with E-state index in [9.17, 15) is 4.79 Å². The predicted octanol–water partition coefficient (Wildman–Crippen LogP) is 2.68. The van der Waals surface area contributed by atoms with Crippen LogP contribution in [0.15, 0.2) is 24.8 Å². The van der Waals surface area contributed by atoms with E-state index in [4.69, 9.17) is 15.2 Å². The summed E-state index contributed by atoms with van der Waals surface area (Å²) in [6, 6.07) is 3.71. The number of benzene rings is 1. The molecule has 1 aromatic rings. The molecule has 5 nitrogen and oxygen atoms in total. The number of ether oxygens (including phenoxy) is 2. The molecule has 2 rings (SSSR count). The summed E-state index contributed by atoms with van der Waals surface area (Å²) in [6.07, 6.45) is 6.78. The third-order valence-corrected chi connectivity index (χ3v) is 4.71. The number of methoxy groups -OCH3 is 2. The highest BCUT2D eigenvalue weighted by atomic mass is 16.5. The van der Waals surface area contributed by atoms with Crippen molar-refractivity contribution >= 4 is 5.91 Å². The zero-order chi connectivity index (χ0) is 17.5. The molecule has 1 saturated carbocycles. The van der Waals surface area contributed by atoms with Crippen LogP contribution in [0, 0.1) is 5.92 Å². The lowest BCUT2D eigenvalue weighted by molar-refractivity contribution is 0.0907. The van der Waals surface area contributed by atoms with Gasteiger partial charge in [0.15, 0.2) is 11.5 Å². The Morgan fingerprint density at radius 3 is 2.71 bits per heavy atom. The molecular formula is C19H28N2O3. The van der Waals surface area contributed by atoms with E-state index < -0.39 is 0 Å². The van der Waals surface area contributed by atoms with Gasteiger partial charge in [-0.05, 0) is 43.9 Å². The number of hydrogen-bond donors (Lipinski definition) is 2. The number of nitrogens with two attached hydrogens (primary N) is 1. The van der Waals surface area contributed by atoms with Crippen molar-refractivity contribution in [2.45, 2.75) is 38.1 Å². The summed E-state index contributed by atoms with van der Waals surface area (Å²) in [7, 11) is 3.17. The van der Waals surface area contributed by atoms with E-state index in [1.54, 1.807) is 26.4 Å². The topological polar surface area (TPSA) is 73.6 Å². The van der Waals surface area contributed by atoms with Gasteiger partial charge >= 0.3 is 0 Å². The molecule has 1 fully saturated rings. The highest BCUT2D eigenvalue weighted by molar-refractivity contribution is 5.95. The molecule has 2 atom stereocenters. The first-order valence-electron chi connectivity index (χ1n) is 8.51. The first-order valence-corrected chi connectivity index (χ1v) is 8.51. The van der Waals surface area contributed by atoms with E-state index in [1.165, 1.54) is 6.42 Å². The normalized spacial score (nSPS) is 20.3. The maximum atomic E-state index is 12.7. The Hall–Kier alpha value is -2.01. The molecular weight excluding hydrogens is 304 g/mol. The lowest BCUT2D eigenvalue weighted by Crippen LogP contribution is -2.44. The Morgan fingerprint density at radius 2 is 2.08 bits per heavy atom. The maximum absolute atomic E-state index is 12.7. The van der Waals surface area contributed by atoms with Crippen LogP contribution in [0.5, 0.6) is 11.5 Å². The summed E-state index contributed by atoms with van der Waals surface area (Å²) in [5.41, 5.74) is 7.32. The Balaban J connectivity index is 2.24. The molecule has 0 aliphatic heterocycles. The Morgan fingerprint density at radius 1 is 1.33 bits per heavy atom. The van der Waals surface area contributed by atoms with Crippen LogP contribution < -0.4 is 20.5 Å². The molecule has 3 N–H and O–H groups in total. The van der Waals surface area contributed by atoms with Crippen LogP contribution in [0.2, 0.25) is 0 Å². The monoisotopic (exact) mass is 332 g/mol. The summed E-state index contributed by atoms with van der Waals surface area (Å²) in [5.74, 6) is 1.47. The highest BCUT2D eigenvalue weighted by Gasteiger charge is 2.26. The van der Waals surface area contributed by atoms with Crippen LogP contribution in [0.25, 0.3) is 0 Å². The lowest BCUT2D eigenvalue weighted by atomic mass is 9.84. The van der Waals surface area contributed by atoms with Gasteiger partial charge in [-0.1, -0.05) is 18.9 Å². The second kappa shape index (κ2) is 8.73. The predicted molar refractivity (Wildman–Crippen MR) is 95.7 cm³/mol. The number of rotatable bonds is 7. The van der Waals surface area contributed by atoms with Gasteiger partial charge < -0.3 is 20.5 Å². The minimum Gasteiger partial charge on any atom is -0.493 e. The molecule has 0 spiro atoms. The Bertz CT molecular complexity index is 586. The number of allylic oxidation sites excluding steroid dienone is 1. The fourth-order valence-corrected chi connectivity index (χ4v) is 3.41. The largest absolute Gasteiger partial charge is 0.493 e. The average Bonchev–Trinajstić information content (AvgIpc) is 2.61. The van der Waals surface area contributed by atoms with Gasteiger partial charge in [0.25, 0.3) is 5.91 Å². The Labute approximate surface area is 144 Å². The standard InChI is InChI=1S/C19H28N2O3/c1-4-7-13-10-15(11-17(23-2)18(13)24-3)19(22)21-16-9-6-5-8-14(16)12-20/h4,10-11,14,16H,1,5-9,12,20H2,2-3H3,(H,21,22). The smallest absolute Gasteiger partial charge is 0.251 e. The molecule has 1 aliphatic carbocycles. The van der Waals surface area contributed by atoms with Crippen molar-refractivity contribution in [3.63, 3.8) is 0 Å². The van der Waals surface area contributed by atoms with Gasteiger partial charge in [0.2, 0.25) is 0 Å². The SMILES string of the molecule is C=CCc1cc(C(=O)NC2CCCCC2CN)cc(OC)c1OC. The van der Waals surface area contributed by atoms with Crippen molar-refractivity contribution in [2.75, 3.05) is 20.8 Å². The third kappa shape index (κ3) is 4.09. The van der Waals surface area contributed by atoms with Crippen molar-refractivity contribution in [3.8, 4) is 11.5 Å². The van der Waals surface area contributed by atoms with Gasteiger partial charge in [-0.25, -0.2) is 0 Å². The molecule has 1 amide bonds. The quantitative estimate of drug-likeness (QED) is 0.753. The van der Waals surface area contributed by atoms with Crippen LogP contribution in [0.1, 0.15) is 41.6 Å². The summed E-state index contributed by atoms with van der Waals surface area (Å²) in [5, 5.41) is 3.15. The minimum atomic E-state index is -0.0911. The fraction of sp³-hybridized carbons (Fsp3) is 0.526. The highest BCUT2D eigenvalue weighted by Crippen LogP contribution is 2.33. The second-order valence-electron chi connectivity index (χ2n) is 6.22. The molecule has 5 heteroatoms. The van der Waals surface area contributed by atoms with Gasteiger partial charge in [0.05, 0.1) is 14.2 Å². The molecule has 132 valence electrons. The summed E-state index contributed by atoms with van der Waals surface area (Å²) in [4.78, 5) is 12.7. The zero-order valence-electron chi connectivity index (χ0n) is 14.6. The minimum absolute atomic E-state index is 0.0911. The average molecular weight is 332 g/mol. The molecule has 0 radical (unpaired) electrons. The van der Waals surface area contributed by atoms with Crippen LogP contribution in [0.4, 0.5) is 0 Å². The van der Waals surface area contributed by atoms with Crippen molar-refractivity contribution in [2.24, 2.45) is 11.7 Å². The van der Waals surface area contributed by atoms with E-state index >= 15 is 0 Å². The first kappa shape index (κ1) is 18.3. The second-order valence-corrected chi connectivity index (χ2v) is 6.22. The van der Waals surface area contributed by atoms with Gasteiger partial charge in [-0.2, -0.15) is 0 Å². The number of carbonyl (C=O) groups excluding carboxylic acids is 1. The van der Waals surface area contributed by atoms with E-state index in [0.717, 1.165) is 24.8 Å². The van der Waals surface area contributed by atoms with Crippen molar-refractivity contribution in [3.05, 3.63) is 35.9 Å². The molecule has 2 unspecified atom stereocenters. The van der Waals surface area contributed by atoms with Crippen LogP contribution in [-0.4, -0.2) is 32.7 Å². The number of amides is 1. The van der Waals surface area contributed by atoms with Crippen molar-refractivity contribution in [1.82, 2.24) is 5.32 Å². The van der Waals surface area contributed by atoms with Gasteiger partial charge in [0.1, 0.15) is 0 Å². The molecule has 0 bridgehead atoms. The number of hydrogen-bond acceptors (Lipinski definition) is 4. The van der Waals surface area contributed by atoms with Crippen LogP contribution in [0.3, 0.4) is 0 Å². The summed E-state index contributed by atoms with van der Waals surface area (Å²) >= 11 is 0. The molecule has 0 aromatic heterocycles. The fourth-order valence-electron chi connectivity index (χ4n) is 3.41. The molecule has 0 saturated heterocycles. The van der Waals surface area contributed by atoms with Gasteiger partial charge in [-0.3, -0.25) is 4.79 Å². The van der Waals surface area contributed by atoms with Gasteiger partial charge in [-0.15, -0.1) is 6.58 Å². The van der Waals surface area contributed by atoms with Gasteiger partial charge in [0, 0.05) is 17.2 Å². The summed E-state index contributed by atoms with van der Waals surface area (Å²) < 4.78 is 10.8. The van der Waals surface area contributed by atoms with Crippen LogP contribution in [-0.2, 0) is 6.42 Å². The maximum Gasteiger partial charge on any atom is 0.251 e. The first-order chi connectivity index (χ1) is 11.6. The summed E-state index contributed by atoms with van der Waals surface area (Å²) in [6.45, 7) is 4.37. The van der Waals surface area contributed by atoms with E-state index in [0.29, 0.717) is 35.9 Å². The van der Waals surface area contributed by atoms with E-state index in [1.807, 2.05) is 6.07 Å². The van der Waals surface area contributed by atoms with Crippen molar-refractivity contribution < 1.29 is 14.3 Å². The molecule has 1 aliphatic rings. The van der Waals surface area contributed by atoms with E-state index in [2.05, 4.69) is 11.9 Å². The molecule has 0 heterocycles. The Kier molecular flexibility index (Phi) is 6.67. The number of nitrogens with one attached hydrogen (secondary N) is 1. The van der Waals surface area contributed by atoms with Crippen LogP contribution >= 0.6 is 0 Å². The van der Waals surface area contributed by atoms with Crippen molar-refractivity contribution in [1.29, 1.82) is 0 Å². The molecule has 24 heavy (non-hydrogen) atoms. The van der Waals surface area contributed by atoms with E-state index in [-0.39, 0.29) is 11.9 Å². The number of carbonyl (C=O) groups is 1.